The molecule has 0 aliphatic heterocycles. The molecule has 2 aromatic heterocycles. The molecule has 2 aromatic carbocycles. The number of fused-ring (bicyclic) bond motifs is 1. The van der Waals surface area contributed by atoms with Crippen LogP contribution in [-0.4, -0.2) is 41.3 Å². The Morgan fingerprint density at radius 1 is 1.09 bits per heavy atom. The number of anilines is 1. The van der Waals surface area contributed by atoms with Crippen LogP contribution in [0, 0.1) is 13.8 Å². The van der Waals surface area contributed by atoms with E-state index in [1.54, 1.807) is 38.5 Å². The summed E-state index contributed by atoms with van der Waals surface area (Å²) < 4.78 is 12.6. The second kappa shape index (κ2) is 9.28. The van der Waals surface area contributed by atoms with Crippen molar-refractivity contribution in [1.82, 2.24) is 14.5 Å². The molecule has 0 saturated heterocycles. The largest absolute Gasteiger partial charge is 0.497 e. The molecular formula is C25H28N4O3. The van der Waals surface area contributed by atoms with Crippen LogP contribution in [0.2, 0.25) is 0 Å². The molecule has 0 atom stereocenters. The summed E-state index contributed by atoms with van der Waals surface area (Å²) in [4.78, 5) is 21.4. The molecule has 0 spiro atoms. The Morgan fingerprint density at radius 2 is 1.84 bits per heavy atom. The zero-order valence-electron chi connectivity index (χ0n) is 18.9. The molecule has 4 aromatic rings. The smallest absolute Gasteiger partial charge is 0.256 e. The first-order valence-electron chi connectivity index (χ1n) is 10.6. The van der Waals surface area contributed by atoms with Crippen LogP contribution in [0.4, 0.5) is 5.82 Å². The summed E-state index contributed by atoms with van der Waals surface area (Å²) in [5.41, 5.74) is 5.46. The van der Waals surface area contributed by atoms with Gasteiger partial charge < -0.3 is 24.3 Å². The van der Waals surface area contributed by atoms with Crippen LogP contribution in [0.15, 0.2) is 48.5 Å². The van der Waals surface area contributed by atoms with E-state index in [9.17, 15) is 4.79 Å². The molecule has 32 heavy (non-hydrogen) atoms. The number of nitrogens with one attached hydrogen (secondary N) is 2. The molecule has 4 rings (SSSR count). The van der Waals surface area contributed by atoms with Gasteiger partial charge in [-0.25, -0.2) is 4.98 Å². The fraction of sp³-hybridized carbons (Fsp3) is 0.280. The second-order valence-corrected chi connectivity index (χ2v) is 7.72. The highest BCUT2D eigenvalue weighted by Gasteiger charge is 2.23. The number of imidazole rings is 1. The van der Waals surface area contributed by atoms with Crippen LogP contribution in [0.3, 0.4) is 0 Å². The van der Waals surface area contributed by atoms with Gasteiger partial charge in [0, 0.05) is 31.5 Å². The lowest BCUT2D eigenvalue weighted by Gasteiger charge is -2.14. The monoisotopic (exact) mass is 432 g/mol. The molecule has 0 saturated carbocycles. The minimum absolute atomic E-state index is 0.185. The van der Waals surface area contributed by atoms with Gasteiger partial charge in [0.25, 0.3) is 5.91 Å². The second-order valence-electron chi connectivity index (χ2n) is 7.72. The SMILES string of the molecule is COCCCn1c(C)c(C)c(-c2nc3ccccc3[nH]2)c1NC(=O)c1ccc(OC)cc1. The lowest BCUT2D eigenvalue weighted by Crippen LogP contribution is -2.17. The molecule has 2 N–H and O–H groups in total. The number of carbonyl (C=O) groups is 1. The molecule has 0 radical (unpaired) electrons. The van der Waals surface area contributed by atoms with E-state index in [0.717, 1.165) is 52.5 Å². The van der Waals surface area contributed by atoms with Crippen LogP contribution in [0.5, 0.6) is 5.75 Å². The predicted molar refractivity (Wildman–Crippen MR) is 126 cm³/mol. The number of nitrogens with zero attached hydrogens (tertiary/aromatic N) is 2. The van der Waals surface area contributed by atoms with Crippen LogP contribution in [0.1, 0.15) is 28.0 Å². The summed E-state index contributed by atoms with van der Waals surface area (Å²) >= 11 is 0. The van der Waals surface area contributed by atoms with E-state index in [1.807, 2.05) is 24.3 Å². The third kappa shape index (κ3) is 4.11. The van der Waals surface area contributed by atoms with E-state index in [2.05, 4.69) is 28.7 Å². The average molecular weight is 433 g/mol. The van der Waals surface area contributed by atoms with Gasteiger partial charge in [-0.3, -0.25) is 4.79 Å². The summed E-state index contributed by atoms with van der Waals surface area (Å²) in [6.07, 6.45) is 0.830. The van der Waals surface area contributed by atoms with Gasteiger partial charge in [-0.2, -0.15) is 0 Å². The van der Waals surface area contributed by atoms with Crippen molar-refractivity contribution in [2.24, 2.45) is 0 Å². The van der Waals surface area contributed by atoms with Crippen molar-refractivity contribution >= 4 is 22.8 Å². The highest BCUT2D eigenvalue weighted by Crippen LogP contribution is 2.36. The van der Waals surface area contributed by atoms with Gasteiger partial charge in [-0.15, -0.1) is 0 Å². The van der Waals surface area contributed by atoms with E-state index in [0.29, 0.717) is 17.9 Å². The maximum absolute atomic E-state index is 13.2. The van der Waals surface area contributed by atoms with Crippen molar-refractivity contribution in [2.45, 2.75) is 26.8 Å². The third-order valence-electron chi connectivity index (χ3n) is 5.77. The Labute approximate surface area is 187 Å². The van der Waals surface area contributed by atoms with E-state index < -0.39 is 0 Å². The Balaban J connectivity index is 1.78. The van der Waals surface area contributed by atoms with E-state index in [4.69, 9.17) is 14.5 Å². The van der Waals surface area contributed by atoms with Crippen LogP contribution in [0.25, 0.3) is 22.4 Å². The Hall–Kier alpha value is -3.58. The van der Waals surface area contributed by atoms with Crippen LogP contribution in [-0.2, 0) is 11.3 Å². The van der Waals surface area contributed by atoms with Gasteiger partial charge >= 0.3 is 0 Å². The van der Waals surface area contributed by atoms with Crippen LogP contribution >= 0.6 is 0 Å². The van der Waals surface area contributed by atoms with Crippen molar-refractivity contribution in [3.8, 4) is 17.1 Å². The highest BCUT2D eigenvalue weighted by molar-refractivity contribution is 6.06. The van der Waals surface area contributed by atoms with E-state index in [1.165, 1.54) is 0 Å². The third-order valence-corrected chi connectivity index (χ3v) is 5.77. The molecule has 166 valence electrons. The summed E-state index contributed by atoms with van der Waals surface area (Å²) in [6.45, 7) is 5.49. The maximum atomic E-state index is 13.2. The van der Waals surface area contributed by atoms with Crippen molar-refractivity contribution in [1.29, 1.82) is 0 Å². The fourth-order valence-electron chi connectivity index (χ4n) is 3.92. The molecule has 0 aliphatic carbocycles. The number of hydrogen-bond donors (Lipinski definition) is 2. The molecule has 2 heterocycles. The highest BCUT2D eigenvalue weighted by atomic mass is 16.5. The topological polar surface area (TPSA) is 81.2 Å². The predicted octanol–water partition coefficient (Wildman–Crippen LogP) is 4.95. The van der Waals surface area contributed by atoms with Crippen molar-refractivity contribution in [3.63, 3.8) is 0 Å². The lowest BCUT2D eigenvalue weighted by molar-refractivity contribution is 0.102. The van der Waals surface area contributed by atoms with Crippen molar-refractivity contribution in [2.75, 3.05) is 26.1 Å². The maximum Gasteiger partial charge on any atom is 0.256 e. The number of aromatic nitrogens is 3. The first-order chi connectivity index (χ1) is 15.5. The first kappa shape index (κ1) is 21.6. The van der Waals surface area contributed by atoms with Crippen molar-refractivity contribution < 1.29 is 14.3 Å². The molecule has 0 fully saturated rings. The number of para-hydroxylation sites is 2. The summed E-state index contributed by atoms with van der Waals surface area (Å²) in [5.74, 6) is 1.99. The Kier molecular flexibility index (Phi) is 6.28. The number of H-pyrrole nitrogens is 1. The zero-order chi connectivity index (χ0) is 22.7. The summed E-state index contributed by atoms with van der Waals surface area (Å²) in [5, 5.41) is 3.15. The van der Waals surface area contributed by atoms with Gasteiger partial charge in [0.15, 0.2) is 0 Å². The summed E-state index contributed by atoms with van der Waals surface area (Å²) in [7, 11) is 3.30. The molecule has 7 nitrogen and oxygen atoms in total. The van der Waals surface area contributed by atoms with Gasteiger partial charge in [0.1, 0.15) is 17.4 Å². The number of methoxy groups -OCH3 is 2. The Bertz CT molecular complexity index is 1210. The summed E-state index contributed by atoms with van der Waals surface area (Å²) in [6, 6.07) is 15.0. The lowest BCUT2D eigenvalue weighted by atomic mass is 10.1. The van der Waals surface area contributed by atoms with Gasteiger partial charge in [0.05, 0.1) is 23.7 Å². The minimum atomic E-state index is -0.185. The molecule has 0 bridgehead atoms. The molecule has 0 unspecified atom stereocenters. The fourth-order valence-corrected chi connectivity index (χ4v) is 3.92. The van der Waals surface area contributed by atoms with Gasteiger partial charge in [0.2, 0.25) is 0 Å². The average Bonchev–Trinajstić information content (AvgIpc) is 3.33. The van der Waals surface area contributed by atoms with Crippen LogP contribution < -0.4 is 10.1 Å². The molecule has 0 aliphatic rings. The number of carbonyl (C=O) groups excluding carboxylic acids is 1. The van der Waals surface area contributed by atoms with Gasteiger partial charge in [-0.05, 0) is 62.2 Å². The number of aromatic amines is 1. The minimum Gasteiger partial charge on any atom is -0.497 e. The number of amides is 1. The zero-order valence-corrected chi connectivity index (χ0v) is 18.9. The Morgan fingerprint density at radius 3 is 2.53 bits per heavy atom. The quantitative estimate of drug-likeness (QED) is 0.386. The standard InChI is InChI=1S/C25H28N4O3/c1-16-17(2)29(14-7-15-31-3)24(28-25(30)18-10-12-19(32-4)13-11-18)22(16)23-26-20-8-5-6-9-21(20)27-23/h5-6,8-13H,7,14-15H2,1-4H3,(H,26,27)(H,28,30). The molecular weight excluding hydrogens is 404 g/mol. The number of ether oxygens (including phenoxy) is 2. The number of benzene rings is 2. The number of hydrogen-bond acceptors (Lipinski definition) is 4. The molecule has 1 amide bonds. The van der Waals surface area contributed by atoms with E-state index in [-0.39, 0.29) is 5.91 Å². The van der Waals surface area contributed by atoms with Crippen molar-refractivity contribution in [3.05, 3.63) is 65.4 Å². The normalized spacial score (nSPS) is 11.1. The molecule has 7 heteroatoms. The number of rotatable bonds is 8. The van der Waals surface area contributed by atoms with E-state index >= 15 is 0 Å². The first-order valence-corrected chi connectivity index (χ1v) is 10.6. The van der Waals surface area contributed by atoms with Gasteiger partial charge in [-0.1, -0.05) is 12.1 Å².